The van der Waals surface area contributed by atoms with Crippen molar-refractivity contribution in [1.29, 1.82) is 0 Å². The molecule has 0 radical (unpaired) electrons. The molecule has 1 rings (SSSR count). The van der Waals surface area contributed by atoms with E-state index in [4.69, 9.17) is 0 Å². The molecule has 0 aliphatic heterocycles. The minimum absolute atomic E-state index is 0.293. The molecule has 0 aromatic carbocycles. The van der Waals surface area contributed by atoms with E-state index in [1.807, 2.05) is 0 Å². The summed E-state index contributed by atoms with van der Waals surface area (Å²) >= 11 is 0. The van der Waals surface area contributed by atoms with E-state index in [0.29, 0.717) is 11.9 Å². The molecule has 0 unspecified atom stereocenters. The topological polar surface area (TPSA) is 29.1 Å². The summed E-state index contributed by atoms with van der Waals surface area (Å²) in [5.74, 6) is 0.293. The fourth-order valence-electron chi connectivity index (χ4n) is 2.97. The fourth-order valence-corrected chi connectivity index (χ4v) is 2.97. The summed E-state index contributed by atoms with van der Waals surface area (Å²) in [6, 6.07) is 0.466. The summed E-state index contributed by atoms with van der Waals surface area (Å²) in [5, 5.41) is 3.25. The number of unbranched alkanes of at least 4 members (excludes halogenated alkanes) is 5. The van der Waals surface area contributed by atoms with Gasteiger partial charge in [-0.05, 0) is 19.3 Å². The first-order valence-corrected chi connectivity index (χ1v) is 8.62. The van der Waals surface area contributed by atoms with Crippen LogP contribution in [0, 0.1) is 0 Å². The number of carbonyl (C=O) groups excluding carboxylic acids is 1. The van der Waals surface area contributed by atoms with E-state index in [1.54, 1.807) is 0 Å². The minimum atomic E-state index is 0.293. The normalized spacial score (nSPS) is 17.7. The summed E-state index contributed by atoms with van der Waals surface area (Å²) < 4.78 is 0. The molecule has 2 nitrogen and oxygen atoms in total. The van der Waals surface area contributed by atoms with Crippen LogP contribution in [0.3, 0.4) is 0 Å². The molecule has 0 saturated heterocycles. The Bertz CT molecular complexity index is 219. The van der Waals surface area contributed by atoms with Crippen LogP contribution < -0.4 is 5.32 Å². The van der Waals surface area contributed by atoms with Crippen molar-refractivity contribution in [3.63, 3.8) is 0 Å². The third-order valence-corrected chi connectivity index (χ3v) is 4.23. The molecule has 0 aromatic heterocycles. The lowest BCUT2D eigenvalue weighted by Crippen LogP contribution is -2.35. The minimum Gasteiger partial charge on any atom is -0.353 e. The van der Waals surface area contributed by atoms with Crippen molar-refractivity contribution in [3.05, 3.63) is 0 Å². The second-order valence-corrected chi connectivity index (χ2v) is 6.13. The highest BCUT2D eigenvalue weighted by atomic mass is 16.1. The van der Waals surface area contributed by atoms with Crippen molar-refractivity contribution < 1.29 is 4.79 Å². The molecule has 0 bridgehead atoms. The maximum absolute atomic E-state index is 11.9. The lowest BCUT2D eigenvalue weighted by molar-refractivity contribution is -0.122. The van der Waals surface area contributed by atoms with Crippen LogP contribution in [0.5, 0.6) is 0 Å². The van der Waals surface area contributed by atoms with Crippen molar-refractivity contribution in [2.24, 2.45) is 0 Å². The van der Waals surface area contributed by atoms with Crippen molar-refractivity contribution in [3.8, 4) is 0 Å². The van der Waals surface area contributed by atoms with E-state index in [9.17, 15) is 4.79 Å². The predicted molar refractivity (Wildman–Crippen MR) is 82.2 cm³/mol. The smallest absolute Gasteiger partial charge is 0.220 e. The Morgan fingerprint density at radius 1 is 0.895 bits per heavy atom. The SMILES string of the molecule is CCCCCCCCC(=O)NC1CCCCCCC1. The van der Waals surface area contributed by atoms with E-state index >= 15 is 0 Å². The Hall–Kier alpha value is -0.530. The number of carbonyl (C=O) groups is 1. The average molecular weight is 267 g/mol. The van der Waals surface area contributed by atoms with Crippen molar-refractivity contribution in [2.75, 3.05) is 0 Å². The van der Waals surface area contributed by atoms with Crippen LogP contribution in [0.1, 0.15) is 96.8 Å². The fraction of sp³-hybridized carbons (Fsp3) is 0.941. The number of hydrogen-bond donors (Lipinski definition) is 1. The van der Waals surface area contributed by atoms with Crippen LogP contribution in [0.15, 0.2) is 0 Å². The van der Waals surface area contributed by atoms with Gasteiger partial charge in [0.15, 0.2) is 0 Å². The molecule has 1 aliphatic carbocycles. The molecule has 0 aromatic rings. The molecule has 1 aliphatic rings. The molecule has 1 saturated carbocycles. The summed E-state index contributed by atoms with van der Waals surface area (Å²) in [7, 11) is 0. The van der Waals surface area contributed by atoms with Gasteiger partial charge < -0.3 is 5.32 Å². The van der Waals surface area contributed by atoms with Gasteiger partial charge in [-0.2, -0.15) is 0 Å². The quantitative estimate of drug-likeness (QED) is 0.618. The molecular formula is C17H33NO. The summed E-state index contributed by atoms with van der Waals surface area (Å²) in [5.41, 5.74) is 0. The molecule has 1 amide bonds. The van der Waals surface area contributed by atoms with Gasteiger partial charge in [0.2, 0.25) is 5.91 Å². The average Bonchev–Trinajstić information content (AvgIpc) is 2.37. The zero-order valence-corrected chi connectivity index (χ0v) is 12.9. The molecule has 1 fully saturated rings. The van der Waals surface area contributed by atoms with Gasteiger partial charge in [-0.15, -0.1) is 0 Å². The van der Waals surface area contributed by atoms with Gasteiger partial charge in [-0.25, -0.2) is 0 Å². The molecule has 112 valence electrons. The Kier molecular flexibility index (Phi) is 9.84. The number of amides is 1. The zero-order chi connectivity index (χ0) is 13.8. The van der Waals surface area contributed by atoms with Gasteiger partial charge in [-0.1, -0.05) is 71.1 Å². The lowest BCUT2D eigenvalue weighted by Gasteiger charge is -2.21. The molecular weight excluding hydrogens is 234 g/mol. The zero-order valence-electron chi connectivity index (χ0n) is 12.9. The lowest BCUT2D eigenvalue weighted by atomic mass is 9.96. The van der Waals surface area contributed by atoms with Crippen LogP contribution in [0.2, 0.25) is 0 Å². The van der Waals surface area contributed by atoms with Crippen LogP contribution in [-0.2, 0) is 4.79 Å². The third-order valence-electron chi connectivity index (χ3n) is 4.23. The van der Waals surface area contributed by atoms with Crippen LogP contribution in [-0.4, -0.2) is 11.9 Å². The van der Waals surface area contributed by atoms with Crippen LogP contribution in [0.4, 0.5) is 0 Å². The summed E-state index contributed by atoms with van der Waals surface area (Å²) in [4.78, 5) is 11.9. The molecule has 19 heavy (non-hydrogen) atoms. The van der Waals surface area contributed by atoms with Gasteiger partial charge in [0.25, 0.3) is 0 Å². The van der Waals surface area contributed by atoms with E-state index in [0.717, 1.165) is 12.8 Å². The molecule has 0 heterocycles. The largest absolute Gasteiger partial charge is 0.353 e. The van der Waals surface area contributed by atoms with Gasteiger partial charge in [0.1, 0.15) is 0 Å². The second-order valence-electron chi connectivity index (χ2n) is 6.13. The first kappa shape index (κ1) is 16.5. The Morgan fingerprint density at radius 2 is 1.47 bits per heavy atom. The van der Waals surface area contributed by atoms with Gasteiger partial charge >= 0.3 is 0 Å². The number of nitrogens with one attached hydrogen (secondary N) is 1. The summed E-state index contributed by atoms with van der Waals surface area (Å²) in [6.07, 6.45) is 17.4. The van der Waals surface area contributed by atoms with Crippen LogP contribution in [0.25, 0.3) is 0 Å². The van der Waals surface area contributed by atoms with E-state index in [1.165, 1.54) is 77.0 Å². The Balaban J connectivity index is 2.02. The van der Waals surface area contributed by atoms with Crippen molar-refractivity contribution in [2.45, 2.75) is 103 Å². The maximum atomic E-state index is 11.9. The molecule has 0 atom stereocenters. The Labute approximate surface area is 119 Å². The highest BCUT2D eigenvalue weighted by molar-refractivity contribution is 5.76. The highest BCUT2D eigenvalue weighted by Gasteiger charge is 2.13. The molecule has 0 spiro atoms. The predicted octanol–water partition coefficient (Wildman–Crippen LogP) is 4.97. The first-order chi connectivity index (χ1) is 9.33. The number of hydrogen-bond acceptors (Lipinski definition) is 1. The Morgan fingerprint density at radius 3 is 2.16 bits per heavy atom. The molecule has 1 N–H and O–H groups in total. The monoisotopic (exact) mass is 267 g/mol. The van der Waals surface area contributed by atoms with Gasteiger partial charge in [-0.3, -0.25) is 4.79 Å². The van der Waals surface area contributed by atoms with E-state index in [-0.39, 0.29) is 0 Å². The second kappa shape index (κ2) is 11.3. The van der Waals surface area contributed by atoms with E-state index < -0.39 is 0 Å². The number of rotatable bonds is 8. The standard InChI is InChI=1S/C17H33NO/c1-2-3-4-5-9-12-15-17(19)18-16-13-10-7-6-8-11-14-16/h16H,2-15H2,1H3,(H,18,19). The third kappa shape index (κ3) is 9.07. The van der Waals surface area contributed by atoms with E-state index in [2.05, 4.69) is 12.2 Å². The van der Waals surface area contributed by atoms with Crippen molar-refractivity contribution >= 4 is 5.91 Å². The van der Waals surface area contributed by atoms with Crippen LogP contribution >= 0.6 is 0 Å². The summed E-state index contributed by atoms with van der Waals surface area (Å²) in [6.45, 7) is 2.24. The first-order valence-electron chi connectivity index (χ1n) is 8.62. The highest BCUT2D eigenvalue weighted by Crippen LogP contribution is 2.17. The van der Waals surface area contributed by atoms with Gasteiger partial charge in [0.05, 0.1) is 0 Å². The maximum Gasteiger partial charge on any atom is 0.220 e. The van der Waals surface area contributed by atoms with Gasteiger partial charge in [0, 0.05) is 12.5 Å². The van der Waals surface area contributed by atoms with Crippen molar-refractivity contribution in [1.82, 2.24) is 5.32 Å². The molecule has 2 heteroatoms.